The SMILES string of the molecule is Nc1ccc(Cl)nc1Nc1ccc2c(c1)CCC2. The smallest absolute Gasteiger partial charge is 0.155 e. The minimum absolute atomic E-state index is 0.438. The number of hydrogen-bond acceptors (Lipinski definition) is 3. The number of nitrogens with one attached hydrogen (secondary N) is 1. The van der Waals surface area contributed by atoms with Crippen LogP contribution in [0.4, 0.5) is 17.2 Å². The summed E-state index contributed by atoms with van der Waals surface area (Å²) in [5, 5.41) is 3.66. The summed E-state index contributed by atoms with van der Waals surface area (Å²) in [4.78, 5) is 4.19. The molecule has 0 amide bonds. The van der Waals surface area contributed by atoms with Crippen LogP contribution in [0.5, 0.6) is 0 Å². The first-order valence-corrected chi connectivity index (χ1v) is 6.41. The van der Waals surface area contributed by atoms with Gasteiger partial charge in [0.25, 0.3) is 0 Å². The van der Waals surface area contributed by atoms with Crippen LogP contribution in [0.2, 0.25) is 5.15 Å². The van der Waals surface area contributed by atoms with Gasteiger partial charge in [-0.1, -0.05) is 17.7 Å². The third-order valence-corrected chi connectivity index (χ3v) is 3.46. The first-order chi connectivity index (χ1) is 8.72. The largest absolute Gasteiger partial charge is 0.396 e. The highest BCUT2D eigenvalue weighted by atomic mass is 35.5. The molecule has 0 saturated carbocycles. The van der Waals surface area contributed by atoms with Crippen LogP contribution in [0.3, 0.4) is 0 Å². The van der Waals surface area contributed by atoms with Crippen molar-refractivity contribution in [1.29, 1.82) is 0 Å². The third kappa shape index (κ3) is 2.14. The number of nitrogens with zero attached hydrogens (tertiary/aromatic N) is 1. The lowest BCUT2D eigenvalue weighted by atomic mass is 10.1. The van der Waals surface area contributed by atoms with Gasteiger partial charge in [-0.15, -0.1) is 0 Å². The predicted molar refractivity (Wildman–Crippen MR) is 75.4 cm³/mol. The van der Waals surface area contributed by atoms with Crippen LogP contribution >= 0.6 is 11.6 Å². The molecule has 0 saturated heterocycles. The fourth-order valence-electron chi connectivity index (χ4n) is 2.33. The topological polar surface area (TPSA) is 50.9 Å². The Bertz CT molecular complexity index is 596. The van der Waals surface area contributed by atoms with E-state index in [4.69, 9.17) is 17.3 Å². The Morgan fingerprint density at radius 2 is 1.94 bits per heavy atom. The van der Waals surface area contributed by atoms with Crippen LogP contribution in [0.15, 0.2) is 30.3 Å². The van der Waals surface area contributed by atoms with Crippen LogP contribution in [-0.4, -0.2) is 4.98 Å². The monoisotopic (exact) mass is 259 g/mol. The fourth-order valence-corrected chi connectivity index (χ4v) is 2.48. The van der Waals surface area contributed by atoms with Crippen LogP contribution in [0.1, 0.15) is 17.5 Å². The summed E-state index contributed by atoms with van der Waals surface area (Å²) in [7, 11) is 0. The fraction of sp³-hybridized carbons (Fsp3) is 0.214. The first-order valence-electron chi connectivity index (χ1n) is 6.03. The Balaban J connectivity index is 1.90. The maximum atomic E-state index is 5.87. The molecule has 18 heavy (non-hydrogen) atoms. The van der Waals surface area contributed by atoms with E-state index in [-0.39, 0.29) is 0 Å². The molecule has 92 valence electrons. The number of fused-ring (bicyclic) bond motifs is 1. The summed E-state index contributed by atoms with van der Waals surface area (Å²) < 4.78 is 0. The van der Waals surface area contributed by atoms with Gasteiger partial charge >= 0.3 is 0 Å². The average molecular weight is 260 g/mol. The number of aromatic nitrogens is 1. The number of benzene rings is 1. The highest BCUT2D eigenvalue weighted by Gasteiger charge is 2.11. The number of halogens is 1. The van der Waals surface area contributed by atoms with Gasteiger partial charge in [0.15, 0.2) is 5.82 Å². The Morgan fingerprint density at radius 3 is 2.83 bits per heavy atom. The quantitative estimate of drug-likeness (QED) is 0.811. The summed E-state index contributed by atoms with van der Waals surface area (Å²) in [6.07, 6.45) is 3.59. The van der Waals surface area contributed by atoms with Gasteiger partial charge in [0, 0.05) is 5.69 Å². The van der Waals surface area contributed by atoms with Gasteiger partial charge in [-0.3, -0.25) is 0 Å². The van der Waals surface area contributed by atoms with E-state index in [0.717, 1.165) is 12.1 Å². The summed E-state index contributed by atoms with van der Waals surface area (Å²) in [5.41, 5.74) is 10.3. The number of hydrogen-bond donors (Lipinski definition) is 2. The Kier molecular flexibility index (Phi) is 2.84. The molecule has 3 N–H and O–H groups in total. The van der Waals surface area contributed by atoms with E-state index >= 15 is 0 Å². The Hall–Kier alpha value is -1.74. The van der Waals surface area contributed by atoms with Crippen molar-refractivity contribution >= 4 is 28.8 Å². The zero-order chi connectivity index (χ0) is 12.5. The summed E-state index contributed by atoms with van der Waals surface area (Å²) in [6, 6.07) is 9.84. The Labute approximate surface area is 111 Å². The number of nitrogens with two attached hydrogens (primary N) is 1. The van der Waals surface area contributed by atoms with Crippen molar-refractivity contribution in [3.8, 4) is 0 Å². The van der Waals surface area contributed by atoms with E-state index in [1.54, 1.807) is 12.1 Å². The molecule has 0 aliphatic heterocycles. The minimum Gasteiger partial charge on any atom is -0.396 e. The molecule has 1 aliphatic carbocycles. The molecule has 1 aromatic heterocycles. The number of anilines is 3. The van der Waals surface area contributed by atoms with Crippen molar-refractivity contribution in [2.45, 2.75) is 19.3 Å². The van der Waals surface area contributed by atoms with E-state index in [1.165, 1.54) is 24.0 Å². The molecule has 2 aromatic rings. The molecule has 1 heterocycles. The molecule has 0 spiro atoms. The van der Waals surface area contributed by atoms with Gasteiger partial charge in [0.1, 0.15) is 5.15 Å². The second-order valence-electron chi connectivity index (χ2n) is 4.53. The van der Waals surface area contributed by atoms with Crippen molar-refractivity contribution in [3.63, 3.8) is 0 Å². The zero-order valence-corrected chi connectivity index (χ0v) is 10.7. The van der Waals surface area contributed by atoms with Crippen molar-refractivity contribution in [2.75, 3.05) is 11.1 Å². The maximum Gasteiger partial charge on any atom is 0.155 e. The first kappa shape index (κ1) is 11.4. The van der Waals surface area contributed by atoms with Crippen molar-refractivity contribution in [2.24, 2.45) is 0 Å². The molecule has 0 radical (unpaired) electrons. The highest BCUT2D eigenvalue weighted by Crippen LogP contribution is 2.28. The summed E-state index contributed by atoms with van der Waals surface area (Å²) in [6.45, 7) is 0. The molecular formula is C14H14ClN3. The zero-order valence-electron chi connectivity index (χ0n) is 9.91. The van der Waals surface area contributed by atoms with Crippen molar-refractivity contribution < 1.29 is 0 Å². The van der Waals surface area contributed by atoms with Gasteiger partial charge in [0.2, 0.25) is 0 Å². The van der Waals surface area contributed by atoms with Crippen LogP contribution in [0, 0.1) is 0 Å². The number of rotatable bonds is 2. The molecule has 0 unspecified atom stereocenters. The van der Waals surface area contributed by atoms with Crippen molar-refractivity contribution in [1.82, 2.24) is 4.98 Å². The van der Waals surface area contributed by atoms with Crippen LogP contribution in [0.25, 0.3) is 0 Å². The van der Waals surface area contributed by atoms with Gasteiger partial charge < -0.3 is 11.1 Å². The molecule has 3 rings (SSSR count). The molecule has 0 atom stereocenters. The Morgan fingerprint density at radius 1 is 1.11 bits per heavy atom. The van der Waals surface area contributed by atoms with Crippen LogP contribution in [-0.2, 0) is 12.8 Å². The second-order valence-corrected chi connectivity index (χ2v) is 4.92. The molecular weight excluding hydrogens is 246 g/mol. The van der Waals surface area contributed by atoms with E-state index in [1.807, 2.05) is 0 Å². The molecule has 3 nitrogen and oxygen atoms in total. The average Bonchev–Trinajstić information content (AvgIpc) is 2.81. The third-order valence-electron chi connectivity index (χ3n) is 3.25. The van der Waals surface area contributed by atoms with Gasteiger partial charge in [-0.2, -0.15) is 0 Å². The molecule has 0 bridgehead atoms. The van der Waals surface area contributed by atoms with Gasteiger partial charge in [-0.25, -0.2) is 4.98 Å². The number of aryl methyl sites for hydroxylation is 2. The second kappa shape index (κ2) is 4.50. The van der Waals surface area contributed by atoms with Crippen LogP contribution < -0.4 is 11.1 Å². The van der Waals surface area contributed by atoms with Gasteiger partial charge in [-0.05, 0) is 54.7 Å². The molecule has 4 heteroatoms. The van der Waals surface area contributed by atoms with Gasteiger partial charge in [0.05, 0.1) is 5.69 Å². The predicted octanol–water partition coefficient (Wildman–Crippen LogP) is 3.55. The summed E-state index contributed by atoms with van der Waals surface area (Å²) >= 11 is 5.87. The highest BCUT2D eigenvalue weighted by molar-refractivity contribution is 6.29. The lowest BCUT2D eigenvalue weighted by molar-refractivity contribution is 0.912. The standard InChI is InChI=1S/C14H14ClN3/c15-13-7-6-12(16)14(18-13)17-11-5-4-9-2-1-3-10(9)8-11/h4-8H,1-3,16H2,(H,17,18). The van der Waals surface area contributed by atoms with Crippen molar-refractivity contribution in [3.05, 3.63) is 46.6 Å². The van der Waals surface area contributed by atoms with E-state index in [0.29, 0.717) is 16.7 Å². The minimum atomic E-state index is 0.438. The van der Waals surface area contributed by atoms with E-state index in [9.17, 15) is 0 Å². The lowest BCUT2D eigenvalue weighted by Gasteiger charge is -2.10. The maximum absolute atomic E-state index is 5.87. The number of nitrogen functional groups attached to an aromatic ring is 1. The molecule has 0 fully saturated rings. The van der Waals surface area contributed by atoms with E-state index < -0.39 is 0 Å². The number of pyridine rings is 1. The molecule has 1 aromatic carbocycles. The normalized spacial score (nSPS) is 13.4. The molecule has 1 aliphatic rings. The summed E-state index contributed by atoms with van der Waals surface area (Å²) in [5.74, 6) is 0.612. The lowest BCUT2D eigenvalue weighted by Crippen LogP contribution is -1.99. The van der Waals surface area contributed by atoms with E-state index in [2.05, 4.69) is 28.5 Å².